The van der Waals surface area contributed by atoms with Gasteiger partial charge in [-0.15, -0.1) is 0 Å². The Morgan fingerprint density at radius 1 is 1.22 bits per heavy atom. The Morgan fingerprint density at radius 3 is 2.28 bits per heavy atom. The number of aromatic nitrogens is 2. The van der Waals surface area contributed by atoms with E-state index in [2.05, 4.69) is 0 Å². The number of anilines is 1. The van der Waals surface area contributed by atoms with Crippen molar-refractivity contribution in [2.45, 2.75) is 26.8 Å². The number of rotatable bonds is 2. The monoisotopic (exact) mass is 249 g/mol. The Kier molecular flexibility index (Phi) is 2.98. The molecule has 0 aliphatic rings. The van der Waals surface area contributed by atoms with Crippen LogP contribution in [0.3, 0.4) is 0 Å². The van der Waals surface area contributed by atoms with Crippen molar-refractivity contribution in [3.05, 3.63) is 46.1 Å². The molecule has 1 aromatic heterocycles. The number of benzene rings is 1. The highest BCUT2D eigenvalue weighted by atomic mass is 19.1. The van der Waals surface area contributed by atoms with Crippen molar-refractivity contribution in [1.29, 1.82) is 0 Å². The lowest BCUT2D eigenvalue weighted by Gasteiger charge is -2.16. The van der Waals surface area contributed by atoms with Gasteiger partial charge in [-0.3, -0.25) is 9.48 Å². The number of halogens is 1. The number of nitrogens with zero attached hydrogens (tertiary/aromatic N) is 2. The van der Waals surface area contributed by atoms with Crippen molar-refractivity contribution in [3.8, 4) is 5.69 Å². The maximum atomic E-state index is 12.9. The van der Waals surface area contributed by atoms with Crippen LogP contribution in [0.5, 0.6) is 0 Å². The summed E-state index contributed by atoms with van der Waals surface area (Å²) >= 11 is 0. The second-order valence-electron chi connectivity index (χ2n) is 4.53. The van der Waals surface area contributed by atoms with E-state index in [1.807, 2.05) is 18.5 Å². The fourth-order valence-electron chi connectivity index (χ4n) is 2.08. The summed E-state index contributed by atoms with van der Waals surface area (Å²) in [6.45, 7) is 5.73. The topological polar surface area (TPSA) is 53.0 Å². The molecular formula is C13H16FN3O. The molecule has 0 amide bonds. The summed E-state index contributed by atoms with van der Waals surface area (Å²) < 4.78 is 16.2. The molecule has 1 heterocycles. The fraction of sp³-hybridized carbons (Fsp3) is 0.308. The van der Waals surface area contributed by atoms with E-state index in [-0.39, 0.29) is 23.1 Å². The van der Waals surface area contributed by atoms with Gasteiger partial charge in [0.05, 0.1) is 11.4 Å². The first-order valence-electron chi connectivity index (χ1n) is 5.79. The molecule has 0 bridgehead atoms. The Balaban J connectivity index is 2.74. The van der Waals surface area contributed by atoms with Gasteiger partial charge in [0.1, 0.15) is 11.5 Å². The van der Waals surface area contributed by atoms with E-state index >= 15 is 0 Å². The van der Waals surface area contributed by atoms with Crippen molar-refractivity contribution >= 4 is 5.69 Å². The molecule has 0 aliphatic carbocycles. The Bertz CT molecular complexity index is 623. The van der Waals surface area contributed by atoms with E-state index in [0.29, 0.717) is 5.69 Å². The van der Waals surface area contributed by atoms with Gasteiger partial charge in [-0.25, -0.2) is 9.07 Å². The van der Waals surface area contributed by atoms with Crippen molar-refractivity contribution in [2.24, 2.45) is 0 Å². The van der Waals surface area contributed by atoms with Crippen LogP contribution in [0.4, 0.5) is 10.1 Å². The third kappa shape index (κ3) is 1.81. The third-order valence-corrected chi connectivity index (χ3v) is 2.93. The third-order valence-electron chi connectivity index (χ3n) is 2.93. The normalized spacial score (nSPS) is 11.2. The molecule has 18 heavy (non-hydrogen) atoms. The van der Waals surface area contributed by atoms with E-state index in [1.54, 1.807) is 19.1 Å². The van der Waals surface area contributed by atoms with Crippen molar-refractivity contribution in [3.63, 3.8) is 0 Å². The molecule has 1 aromatic carbocycles. The lowest BCUT2D eigenvalue weighted by Crippen LogP contribution is -2.23. The van der Waals surface area contributed by atoms with Crippen LogP contribution in [0.15, 0.2) is 29.1 Å². The van der Waals surface area contributed by atoms with Crippen LogP contribution in [0.2, 0.25) is 0 Å². The molecule has 0 aliphatic heterocycles. The highest BCUT2D eigenvalue weighted by Crippen LogP contribution is 2.17. The van der Waals surface area contributed by atoms with E-state index in [9.17, 15) is 9.18 Å². The first-order chi connectivity index (χ1) is 8.43. The van der Waals surface area contributed by atoms with E-state index in [4.69, 9.17) is 5.73 Å². The van der Waals surface area contributed by atoms with Gasteiger partial charge in [0.2, 0.25) is 0 Å². The van der Waals surface area contributed by atoms with Crippen LogP contribution >= 0.6 is 0 Å². The molecular weight excluding hydrogens is 233 g/mol. The van der Waals surface area contributed by atoms with Gasteiger partial charge in [-0.05, 0) is 45.0 Å². The number of nitrogens with two attached hydrogens (primary N) is 1. The summed E-state index contributed by atoms with van der Waals surface area (Å²) in [5.41, 5.74) is 7.07. The van der Waals surface area contributed by atoms with Gasteiger partial charge in [0.15, 0.2) is 0 Å². The molecule has 0 atom stereocenters. The summed E-state index contributed by atoms with van der Waals surface area (Å²) in [5.74, 6) is -0.334. The second-order valence-corrected chi connectivity index (χ2v) is 4.53. The summed E-state index contributed by atoms with van der Waals surface area (Å²) in [4.78, 5) is 12.1. The maximum absolute atomic E-state index is 12.9. The second kappa shape index (κ2) is 4.33. The maximum Gasteiger partial charge on any atom is 0.294 e. The predicted molar refractivity (Wildman–Crippen MR) is 69.5 cm³/mol. The standard InChI is InChI=1S/C13H16FN3O/c1-8(2)16-9(3)12(15)13(18)17(16)11-6-4-10(14)5-7-11/h4-8H,15H2,1-3H3. The van der Waals surface area contributed by atoms with Crippen LogP contribution in [0.25, 0.3) is 5.69 Å². The fourth-order valence-corrected chi connectivity index (χ4v) is 2.08. The average Bonchev–Trinajstić information content (AvgIpc) is 2.55. The molecule has 0 fully saturated rings. The van der Waals surface area contributed by atoms with Crippen LogP contribution < -0.4 is 11.3 Å². The van der Waals surface area contributed by atoms with Gasteiger partial charge >= 0.3 is 0 Å². The number of hydrogen-bond acceptors (Lipinski definition) is 2. The minimum atomic E-state index is -0.334. The summed E-state index contributed by atoms with van der Waals surface area (Å²) in [6, 6.07) is 5.86. The van der Waals surface area contributed by atoms with E-state index in [0.717, 1.165) is 5.69 Å². The van der Waals surface area contributed by atoms with Gasteiger partial charge in [-0.2, -0.15) is 0 Å². The predicted octanol–water partition coefficient (Wildman–Crippen LogP) is 2.25. The van der Waals surface area contributed by atoms with E-state index in [1.165, 1.54) is 16.8 Å². The first kappa shape index (κ1) is 12.4. The largest absolute Gasteiger partial charge is 0.393 e. The smallest absolute Gasteiger partial charge is 0.294 e. The minimum absolute atomic E-state index is 0.0834. The zero-order valence-electron chi connectivity index (χ0n) is 10.6. The van der Waals surface area contributed by atoms with Crippen molar-refractivity contribution < 1.29 is 4.39 Å². The first-order valence-corrected chi connectivity index (χ1v) is 5.79. The Labute approximate surface area is 104 Å². The Hall–Kier alpha value is -2.04. The highest BCUT2D eigenvalue weighted by molar-refractivity contribution is 5.45. The molecule has 5 heteroatoms. The van der Waals surface area contributed by atoms with Gasteiger partial charge in [-0.1, -0.05) is 0 Å². The van der Waals surface area contributed by atoms with Crippen LogP contribution in [0, 0.1) is 12.7 Å². The molecule has 4 nitrogen and oxygen atoms in total. The molecule has 0 saturated carbocycles. The highest BCUT2D eigenvalue weighted by Gasteiger charge is 2.17. The lowest BCUT2D eigenvalue weighted by atomic mass is 10.3. The molecule has 2 N–H and O–H groups in total. The van der Waals surface area contributed by atoms with Crippen molar-refractivity contribution in [1.82, 2.24) is 9.36 Å². The summed E-state index contributed by atoms with van der Waals surface area (Å²) in [5, 5.41) is 0. The Morgan fingerprint density at radius 2 is 1.78 bits per heavy atom. The molecule has 0 unspecified atom stereocenters. The van der Waals surface area contributed by atoms with Crippen LogP contribution in [-0.2, 0) is 0 Å². The molecule has 0 saturated heterocycles. The molecule has 0 spiro atoms. The molecule has 96 valence electrons. The summed E-state index contributed by atoms with van der Waals surface area (Å²) in [7, 11) is 0. The molecule has 2 rings (SSSR count). The van der Waals surface area contributed by atoms with Gasteiger partial charge in [0, 0.05) is 6.04 Å². The van der Waals surface area contributed by atoms with Gasteiger partial charge in [0.25, 0.3) is 5.56 Å². The number of hydrogen-bond donors (Lipinski definition) is 1. The van der Waals surface area contributed by atoms with Crippen molar-refractivity contribution in [2.75, 3.05) is 5.73 Å². The zero-order chi connectivity index (χ0) is 13.4. The molecule has 2 aromatic rings. The summed E-state index contributed by atoms with van der Waals surface area (Å²) in [6.07, 6.45) is 0. The van der Waals surface area contributed by atoms with Crippen LogP contribution in [0.1, 0.15) is 25.6 Å². The van der Waals surface area contributed by atoms with Crippen LogP contribution in [-0.4, -0.2) is 9.36 Å². The van der Waals surface area contributed by atoms with E-state index < -0.39 is 0 Å². The quantitative estimate of drug-likeness (QED) is 0.887. The average molecular weight is 249 g/mol. The SMILES string of the molecule is Cc1c(N)c(=O)n(-c2ccc(F)cc2)n1C(C)C. The molecule has 0 radical (unpaired) electrons. The minimum Gasteiger partial charge on any atom is -0.393 e. The number of nitrogen functional groups attached to an aromatic ring is 1. The van der Waals surface area contributed by atoms with Gasteiger partial charge < -0.3 is 5.73 Å². The lowest BCUT2D eigenvalue weighted by molar-refractivity contribution is 0.466. The zero-order valence-corrected chi connectivity index (χ0v) is 10.6.